The van der Waals surface area contributed by atoms with E-state index in [-0.39, 0.29) is 0 Å². The second-order valence-electron chi connectivity index (χ2n) is 6.61. The molecule has 0 amide bonds. The molecule has 0 bridgehead atoms. The quantitative estimate of drug-likeness (QED) is 0.817. The standard InChI is InChI=1S/C19H27N5O2S/c1-4-16-6-8-17(9-7-16)27(25,26)24-12-10-23(11-13-24)18-14-15(3)21-19(22-18)20-5-2/h6-9,14H,4-5,10-13H2,1-3H3,(H,20,21,22). The van der Waals surface area contributed by atoms with Crippen LogP contribution in [-0.2, 0) is 16.4 Å². The highest BCUT2D eigenvalue weighted by atomic mass is 32.2. The molecule has 8 heteroatoms. The topological polar surface area (TPSA) is 78.4 Å². The van der Waals surface area contributed by atoms with Crippen LogP contribution in [0.3, 0.4) is 0 Å². The van der Waals surface area contributed by atoms with Crippen LogP contribution >= 0.6 is 0 Å². The molecule has 0 aliphatic carbocycles. The molecule has 146 valence electrons. The van der Waals surface area contributed by atoms with E-state index in [2.05, 4.69) is 27.1 Å². The van der Waals surface area contributed by atoms with Gasteiger partial charge in [0.25, 0.3) is 0 Å². The van der Waals surface area contributed by atoms with Crippen molar-refractivity contribution < 1.29 is 8.42 Å². The Morgan fingerprint density at radius 1 is 1.04 bits per heavy atom. The van der Waals surface area contributed by atoms with Gasteiger partial charge in [-0.25, -0.2) is 13.4 Å². The lowest BCUT2D eigenvalue weighted by Crippen LogP contribution is -2.49. The summed E-state index contributed by atoms with van der Waals surface area (Å²) in [6.45, 7) is 8.84. The zero-order valence-corrected chi connectivity index (χ0v) is 17.0. The van der Waals surface area contributed by atoms with Gasteiger partial charge in [0, 0.05) is 44.5 Å². The van der Waals surface area contributed by atoms with E-state index in [0.29, 0.717) is 37.0 Å². The summed E-state index contributed by atoms with van der Waals surface area (Å²) in [6.07, 6.45) is 0.895. The molecule has 1 N–H and O–H groups in total. The number of hydrogen-bond donors (Lipinski definition) is 1. The highest BCUT2D eigenvalue weighted by molar-refractivity contribution is 7.89. The zero-order valence-electron chi connectivity index (χ0n) is 16.1. The van der Waals surface area contributed by atoms with Crippen molar-refractivity contribution in [2.75, 3.05) is 42.9 Å². The van der Waals surface area contributed by atoms with Crippen LogP contribution in [0.15, 0.2) is 35.2 Å². The molecule has 27 heavy (non-hydrogen) atoms. The molecular formula is C19H27N5O2S. The van der Waals surface area contributed by atoms with Crippen LogP contribution in [0, 0.1) is 6.92 Å². The molecular weight excluding hydrogens is 362 g/mol. The first kappa shape index (κ1) is 19.6. The SMILES string of the molecule is CCNc1nc(C)cc(N2CCN(S(=O)(=O)c3ccc(CC)cc3)CC2)n1. The van der Waals surface area contributed by atoms with E-state index in [1.54, 1.807) is 16.4 Å². The van der Waals surface area contributed by atoms with Crippen molar-refractivity contribution in [3.05, 3.63) is 41.6 Å². The molecule has 1 aliphatic rings. The molecule has 7 nitrogen and oxygen atoms in total. The highest BCUT2D eigenvalue weighted by Crippen LogP contribution is 2.21. The van der Waals surface area contributed by atoms with Gasteiger partial charge < -0.3 is 10.2 Å². The van der Waals surface area contributed by atoms with Gasteiger partial charge in [-0.1, -0.05) is 19.1 Å². The van der Waals surface area contributed by atoms with Gasteiger partial charge in [-0.05, 0) is 38.0 Å². The first-order valence-electron chi connectivity index (χ1n) is 9.37. The van der Waals surface area contributed by atoms with Gasteiger partial charge in [-0.3, -0.25) is 0 Å². The van der Waals surface area contributed by atoms with Gasteiger partial charge in [0.15, 0.2) is 0 Å². The van der Waals surface area contributed by atoms with E-state index < -0.39 is 10.0 Å². The molecule has 0 radical (unpaired) electrons. The zero-order chi connectivity index (χ0) is 19.4. The largest absolute Gasteiger partial charge is 0.354 e. The van der Waals surface area contributed by atoms with Crippen molar-refractivity contribution in [1.82, 2.24) is 14.3 Å². The maximum absolute atomic E-state index is 12.9. The Balaban J connectivity index is 1.71. The van der Waals surface area contributed by atoms with Crippen LogP contribution in [0.1, 0.15) is 25.1 Å². The van der Waals surface area contributed by atoms with E-state index >= 15 is 0 Å². The van der Waals surface area contributed by atoms with E-state index in [1.165, 1.54) is 0 Å². The summed E-state index contributed by atoms with van der Waals surface area (Å²) in [5, 5.41) is 3.14. The fourth-order valence-electron chi connectivity index (χ4n) is 3.15. The van der Waals surface area contributed by atoms with E-state index in [0.717, 1.165) is 30.0 Å². The fourth-order valence-corrected chi connectivity index (χ4v) is 4.58. The average molecular weight is 390 g/mol. The molecule has 0 spiro atoms. The number of rotatable bonds is 6. The predicted molar refractivity (Wildman–Crippen MR) is 108 cm³/mol. The molecule has 1 aliphatic heterocycles. The van der Waals surface area contributed by atoms with Crippen molar-refractivity contribution in [2.24, 2.45) is 0 Å². The lowest BCUT2D eigenvalue weighted by atomic mass is 10.2. The van der Waals surface area contributed by atoms with Gasteiger partial charge in [-0.2, -0.15) is 9.29 Å². The van der Waals surface area contributed by atoms with Crippen LogP contribution < -0.4 is 10.2 Å². The number of sulfonamides is 1. The van der Waals surface area contributed by atoms with Crippen LogP contribution in [0.2, 0.25) is 0 Å². The summed E-state index contributed by atoms with van der Waals surface area (Å²) < 4.78 is 27.3. The number of aromatic nitrogens is 2. The van der Waals surface area contributed by atoms with Crippen molar-refractivity contribution >= 4 is 21.8 Å². The Bertz CT molecular complexity index is 875. The van der Waals surface area contributed by atoms with E-state index in [9.17, 15) is 8.42 Å². The molecule has 1 fully saturated rings. The summed E-state index contributed by atoms with van der Waals surface area (Å²) >= 11 is 0. The third-order valence-electron chi connectivity index (χ3n) is 4.71. The molecule has 3 rings (SSSR count). The molecule has 1 saturated heterocycles. The molecule has 0 atom stereocenters. The van der Waals surface area contributed by atoms with Gasteiger partial charge in [0.05, 0.1) is 4.90 Å². The Hall–Kier alpha value is -2.19. The first-order valence-corrected chi connectivity index (χ1v) is 10.8. The number of aryl methyl sites for hydroxylation is 2. The van der Waals surface area contributed by atoms with Crippen LogP contribution in [0.5, 0.6) is 0 Å². The second kappa shape index (κ2) is 8.22. The van der Waals surface area contributed by atoms with Crippen LogP contribution in [0.4, 0.5) is 11.8 Å². The number of nitrogens with one attached hydrogen (secondary N) is 1. The Kier molecular flexibility index (Phi) is 5.96. The number of piperazine rings is 1. The molecule has 1 aromatic heterocycles. The molecule has 2 aromatic rings. The van der Waals surface area contributed by atoms with Crippen LogP contribution in [0.25, 0.3) is 0 Å². The monoisotopic (exact) mass is 389 g/mol. The predicted octanol–water partition coefficient (Wildman–Crippen LogP) is 2.29. The number of nitrogens with zero attached hydrogens (tertiary/aromatic N) is 4. The van der Waals surface area contributed by atoms with Crippen molar-refractivity contribution in [2.45, 2.75) is 32.1 Å². The Morgan fingerprint density at radius 2 is 1.70 bits per heavy atom. The summed E-state index contributed by atoms with van der Waals surface area (Å²) in [4.78, 5) is 11.4. The van der Waals surface area contributed by atoms with Gasteiger partial charge >= 0.3 is 0 Å². The van der Waals surface area contributed by atoms with Crippen molar-refractivity contribution in [3.63, 3.8) is 0 Å². The van der Waals surface area contributed by atoms with Crippen molar-refractivity contribution in [3.8, 4) is 0 Å². The Labute approximate surface area is 161 Å². The third kappa shape index (κ3) is 4.39. The van der Waals surface area contributed by atoms with Gasteiger partial charge in [0.1, 0.15) is 5.82 Å². The minimum absolute atomic E-state index is 0.362. The highest BCUT2D eigenvalue weighted by Gasteiger charge is 2.29. The Morgan fingerprint density at radius 3 is 2.30 bits per heavy atom. The molecule has 0 unspecified atom stereocenters. The van der Waals surface area contributed by atoms with Crippen LogP contribution in [-0.4, -0.2) is 55.4 Å². The third-order valence-corrected chi connectivity index (χ3v) is 6.62. The minimum Gasteiger partial charge on any atom is -0.354 e. The summed E-state index contributed by atoms with van der Waals surface area (Å²) in [5.74, 6) is 1.45. The number of anilines is 2. The fraction of sp³-hybridized carbons (Fsp3) is 0.474. The van der Waals surface area contributed by atoms with Gasteiger partial charge in [-0.15, -0.1) is 0 Å². The molecule has 0 saturated carbocycles. The lowest BCUT2D eigenvalue weighted by Gasteiger charge is -2.34. The number of benzene rings is 1. The van der Waals surface area contributed by atoms with E-state index in [1.807, 2.05) is 32.0 Å². The first-order chi connectivity index (χ1) is 12.9. The second-order valence-corrected chi connectivity index (χ2v) is 8.55. The summed E-state index contributed by atoms with van der Waals surface area (Å²) in [5.41, 5.74) is 2.02. The maximum atomic E-state index is 12.9. The van der Waals surface area contributed by atoms with E-state index in [4.69, 9.17) is 0 Å². The smallest absolute Gasteiger partial charge is 0.243 e. The average Bonchev–Trinajstić information content (AvgIpc) is 2.68. The van der Waals surface area contributed by atoms with Crippen molar-refractivity contribution in [1.29, 1.82) is 0 Å². The molecule has 2 heterocycles. The minimum atomic E-state index is -3.46. The molecule has 1 aromatic carbocycles. The number of hydrogen-bond acceptors (Lipinski definition) is 6. The summed E-state index contributed by atoms with van der Waals surface area (Å²) in [7, 11) is -3.46. The van der Waals surface area contributed by atoms with Gasteiger partial charge in [0.2, 0.25) is 16.0 Å². The lowest BCUT2D eigenvalue weighted by molar-refractivity contribution is 0.383. The summed E-state index contributed by atoms with van der Waals surface area (Å²) in [6, 6.07) is 9.12. The maximum Gasteiger partial charge on any atom is 0.243 e. The normalized spacial score (nSPS) is 15.7.